The highest BCUT2D eigenvalue weighted by Crippen LogP contribution is 2.31. The van der Waals surface area contributed by atoms with E-state index in [1.165, 1.54) is 50.7 Å². The smallest absolute Gasteiger partial charge is 0.0724 e. The topological polar surface area (TPSA) is 21.3 Å². The lowest BCUT2D eigenvalue weighted by Crippen LogP contribution is -2.47. The van der Waals surface area contributed by atoms with Gasteiger partial charge in [0.05, 0.1) is 6.10 Å². The Morgan fingerprint density at radius 1 is 1.18 bits per heavy atom. The van der Waals surface area contributed by atoms with Crippen molar-refractivity contribution in [2.24, 2.45) is 0 Å². The van der Waals surface area contributed by atoms with Crippen LogP contribution in [0.25, 0.3) is 0 Å². The fraction of sp³-hybridized carbons (Fsp3) is 1.00. The Morgan fingerprint density at radius 3 is 2.76 bits per heavy atom. The molecule has 0 aromatic rings. The maximum absolute atomic E-state index is 5.62. The van der Waals surface area contributed by atoms with Crippen LogP contribution in [-0.4, -0.2) is 36.3 Å². The lowest BCUT2D eigenvalue weighted by atomic mass is 9.91. The van der Waals surface area contributed by atoms with Gasteiger partial charge in [0, 0.05) is 24.4 Å². The van der Waals surface area contributed by atoms with Crippen LogP contribution < -0.4 is 5.32 Å². The number of rotatable bonds is 5. The Bertz CT molecular complexity index is 224. The zero-order chi connectivity index (χ0) is 12.1. The molecule has 2 aliphatic carbocycles. The molecule has 2 rings (SSSR count). The molecule has 1 N–H and O–H groups in total. The van der Waals surface area contributed by atoms with E-state index in [-0.39, 0.29) is 0 Å². The minimum Gasteiger partial charge on any atom is -0.380 e. The van der Waals surface area contributed by atoms with E-state index in [0.29, 0.717) is 12.1 Å². The minimum absolute atomic E-state index is 0.460. The van der Waals surface area contributed by atoms with Crippen LogP contribution >= 0.6 is 11.8 Å². The van der Waals surface area contributed by atoms with Gasteiger partial charge < -0.3 is 10.1 Å². The summed E-state index contributed by atoms with van der Waals surface area (Å²) < 4.78 is 5.62. The largest absolute Gasteiger partial charge is 0.380 e. The number of hydrogen-bond acceptors (Lipinski definition) is 3. The van der Waals surface area contributed by atoms with Crippen LogP contribution in [0.1, 0.15) is 51.9 Å². The molecule has 4 atom stereocenters. The molecule has 3 heteroatoms. The second-order valence-electron chi connectivity index (χ2n) is 5.42. The van der Waals surface area contributed by atoms with Gasteiger partial charge in [-0.05, 0) is 37.9 Å². The van der Waals surface area contributed by atoms with Crippen LogP contribution in [0.4, 0.5) is 0 Å². The van der Waals surface area contributed by atoms with Crippen molar-refractivity contribution in [3.63, 3.8) is 0 Å². The summed E-state index contributed by atoms with van der Waals surface area (Å²) in [5.41, 5.74) is 0. The molecule has 0 amide bonds. The van der Waals surface area contributed by atoms with Gasteiger partial charge >= 0.3 is 0 Å². The van der Waals surface area contributed by atoms with Gasteiger partial charge in [-0.3, -0.25) is 0 Å². The fourth-order valence-electron chi connectivity index (χ4n) is 3.35. The first kappa shape index (κ1) is 13.7. The monoisotopic (exact) mass is 257 g/mol. The predicted octanol–water partition coefficient (Wildman–Crippen LogP) is 3.21. The van der Waals surface area contributed by atoms with Crippen molar-refractivity contribution in [1.82, 2.24) is 5.32 Å². The van der Waals surface area contributed by atoms with Crippen molar-refractivity contribution in [2.45, 2.75) is 75.3 Å². The van der Waals surface area contributed by atoms with Gasteiger partial charge in [-0.2, -0.15) is 11.8 Å². The highest BCUT2D eigenvalue weighted by molar-refractivity contribution is 7.99. The van der Waals surface area contributed by atoms with Crippen molar-refractivity contribution in [3.8, 4) is 0 Å². The van der Waals surface area contributed by atoms with Gasteiger partial charge in [0.15, 0.2) is 0 Å². The van der Waals surface area contributed by atoms with Crippen LogP contribution in [0.2, 0.25) is 0 Å². The highest BCUT2D eigenvalue weighted by atomic mass is 32.2. The summed E-state index contributed by atoms with van der Waals surface area (Å²) in [6.45, 7) is 2.27. The zero-order valence-corrected chi connectivity index (χ0v) is 12.1. The molecular formula is C14H27NOS. The van der Waals surface area contributed by atoms with E-state index in [0.717, 1.165) is 11.3 Å². The Kier molecular flexibility index (Phi) is 5.64. The first-order valence-corrected chi connectivity index (χ1v) is 8.28. The molecule has 0 radical (unpaired) electrons. The van der Waals surface area contributed by atoms with E-state index in [1.54, 1.807) is 0 Å². The van der Waals surface area contributed by atoms with Crippen LogP contribution in [0, 0.1) is 0 Å². The molecule has 2 fully saturated rings. The molecule has 100 valence electrons. The average molecular weight is 257 g/mol. The van der Waals surface area contributed by atoms with E-state index < -0.39 is 0 Å². The third-order valence-corrected chi connectivity index (χ3v) is 5.47. The number of hydrogen-bond donors (Lipinski definition) is 1. The Morgan fingerprint density at radius 2 is 2.00 bits per heavy atom. The van der Waals surface area contributed by atoms with E-state index in [4.69, 9.17) is 4.74 Å². The standard InChI is InChI=1S/C14H27NOS/c1-3-17-12-9-8-11(10-12)15-13-6-4-5-7-14(13)16-2/h11-15H,3-10H2,1-2H3. The highest BCUT2D eigenvalue weighted by Gasteiger charge is 2.30. The average Bonchev–Trinajstić information content (AvgIpc) is 2.78. The van der Waals surface area contributed by atoms with Crippen LogP contribution in [0.15, 0.2) is 0 Å². The molecule has 2 aliphatic rings. The van der Waals surface area contributed by atoms with E-state index >= 15 is 0 Å². The maximum Gasteiger partial charge on any atom is 0.0724 e. The van der Waals surface area contributed by atoms with Crippen molar-refractivity contribution in [1.29, 1.82) is 0 Å². The van der Waals surface area contributed by atoms with Gasteiger partial charge in [0.25, 0.3) is 0 Å². The lowest BCUT2D eigenvalue weighted by molar-refractivity contribution is 0.0380. The molecule has 0 spiro atoms. The molecule has 0 aromatic heterocycles. The second-order valence-corrected chi connectivity index (χ2v) is 7.00. The van der Waals surface area contributed by atoms with Gasteiger partial charge in [-0.25, -0.2) is 0 Å². The normalized spacial score (nSPS) is 38.5. The van der Waals surface area contributed by atoms with Gasteiger partial charge in [-0.1, -0.05) is 19.8 Å². The van der Waals surface area contributed by atoms with Gasteiger partial charge in [0.1, 0.15) is 0 Å². The Balaban J connectivity index is 1.76. The molecule has 2 nitrogen and oxygen atoms in total. The van der Waals surface area contributed by atoms with Crippen LogP contribution in [-0.2, 0) is 4.74 Å². The van der Waals surface area contributed by atoms with Crippen LogP contribution in [0.5, 0.6) is 0 Å². The number of nitrogens with one attached hydrogen (secondary N) is 1. The van der Waals surface area contributed by atoms with Crippen molar-refractivity contribution < 1.29 is 4.74 Å². The molecule has 0 heterocycles. The summed E-state index contributed by atoms with van der Waals surface area (Å²) in [4.78, 5) is 0. The lowest BCUT2D eigenvalue weighted by Gasteiger charge is -2.33. The molecule has 17 heavy (non-hydrogen) atoms. The molecule has 0 bridgehead atoms. The molecule has 0 aliphatic heterocycles. The fourth-order valence-corrected chi connectivity index (χ4v) is 4.49. The Labute approximate surface area is 110 Å². The summed E-state index contributed by atoms with van der Waals surface area (Å²) in [7, 11) is 1.87. The summed E-state index contributed by atoms with van der Waals surface area (Å²) in [6.07, 6.45) is 9.86. The first-order chi connectivity index (χ1) is 8.33. The SMILES string of the molecule is CCSC1CCC(NC2CCCCC2OC)C1. The first-order valence-electron chi connectivity index (χ1n) is 7.24. The van der Waals surface area contributed by atoms with E-state index in [2.05, 4.69) is 24.0 Å². The van der Waals surface area contributed by atoms with Crippen molar-refractivity contribution in [3.05, 3.63) is 0 Å². The van der Waals surface area contributed by atoms with Crippen molar-refractivity contribution >= 4 is 11.8 Å². The summed E-state index contributed by atoms with van der Waals surface area (Å²) in [5.74, 6) is 1.27. The third-order valence-electron chi connectivity index (χ3n) is 4.24. The molecular weight excluding hydrogens is 230 g/mol. The van der Waals surface area contributed by atoms with E-state index in [1.807, 2.05) is 7.11 Å². The summed E-state index contributed by atoms with van der Waals surface area (Å²) in [5, 5.41) is 4.77. The molecule has 2 saturated carbocycles. The van der Waals surface area contributed by atoms with Gasteiger partial charge in [-0.15, -0.1) is 0 Å². The van der Waals surface area contributed by atoms with E-state index in [9.17, 15) is 0 Å². The summed E-state index contributed by atoms with van der Waals surface area (Å²) >= 11 is 2.14. The van der Waals surface area contributed by atoms with Gasteiger partial charge in [0.2, 0.25) is 0 Å². The maximum atomic E-state index is 5.62. The third kappa shape index (κ3) is 3.87. The second kappa shape index (κ2) is 7.01. The summed E-state index contributed by atoms with van der Waals surface area (Å²) in [6, 6.07) is 1.36. The Hall–Kier alpha value is 0.270. The quantitative estimate of drug-likeness (QED) is 0.817. The number of methoxy groups -OCH3 is 1. The molecule has 0 saturated heterocycles. The number of ether oxygens (including phenoxy) is 1. The zero-order valence-electron chi connectivity index (χ0n) is 11.3. The minimum atomic E-state index is 0.460. The van der Waals surface area contributed by atoms with Crippen LogP contribution in [0.3, 0.4) is 0 Å². The van der Waals surface area contributed by atoms with Crippen molar-refractivity contribution in [2.75, 3.05) is 12.9 Å². The number of thioether (sulfide) groups is 1. The molecule has 0 aromatic carbocycles. The molecule has 4 unspecified atom stereocenters. The predicted molar refractivity (Wildman–Crippen MR) is 75.7 cm³/mol.